The summed E-state index contributed by atoms with van der Waals surface area (Å²) in [5.41, 5.74) is 24.2. The first-order valence-electron chi connectivity index (χ1n) is 23.8. The average molecular weight is 1050 g/mol. The Kier molecular flexibility index (Phi) is 22.0. The minimum atomic E-state index is -1.89. The number of primary amides is 1. The van der Waals surface area contributed by atoms with Gasteiger partial charge in [0, 0.05) is 53.6 Å². The molecule has 27 nitrogen and oxygen atoms in total. The standard InChI is InChI=1S/C48H66N14O13/c1-23(2)15-36(47(74)75)61-44(71)33(16-25-20-54-30-11-6-4-9-27(25)30)57-38(65)22-56-42(69)35(19-39(66)67)59-45(72)34(17-26-21-55-31-12-7-5-10-28(26)31)60-46(73)40(24(3)63)62-43(70)32(13-8-14-53-48(51)52)58-41(68)29(49)18-37(50)64/h4-7,9-12,20-21,23-24,29,32-36,40,54-55,63H,8,13-19,22,49H2,1-3H3,(H2,50,64)(H,56,69)(H,57,65)(H,58,68)(H,59,72)(H,60,73)(H,61,71)(H,62,70)(H,66,67)(H,74,75)(H4,51,52,53)/t24-,29+,32+,33+,34+,35+,36+,40+/m1/s1. The van der Waals surface area contributed by atoms with Crippen LogP contribution in [0.4, 0.5) is 0 Å². The third-order valence-corrected chi connectivity index (χ3v) is 11.6. The molecular weight excluding hydrogens is 981 g/mol. The van der Waals surface area contributed by atoms with Gasteiger partial charge in [-0.3, -0.25) is 48.1 Å². The zero-order valence-electron chi connectivity index (χ0n) is 41.5. The number of rotatable bonds is 30. The minimum absolute atomic E-state index is 0.00918. The van der Waals surface area contributed by atoms with Crippen LogP contribution in [0, 0.1) is 5.92 Å². The lowest BCUT2D eigenvalue weighted by molar-refractivity contribution is -0.142. The van der Waals surface area contributed by atoms with E-state index in [9.17, 15) is 63.3 Å². The Hall–Kier alpha value is -8.59. The average Bonchev–Trinajstić information content (AvgIpc) is 3.95. The zero-order valence-corrected chi connectivity index (χ0v) is 41.5. The Balaban J connectivity index is 1.56. The molecule has 75 heavy (non-hydrogen) atoms. The second kappa shape index (κ2) is 28.0. The maximum Gasteiger partial charge on any atom is 0.326 e. The number of hydrogen-bond acceptors (Lipinski definition) is 13. The van der Waals surface area contributed by atoms with E-state index in [1.54, 1.807) is 74.8 Å². The number of hydrogen-bond donors (Lipinski definition) is 16. The van der Waals surface area contributed by atoms with Crippen molar-refractivity contribution < 1.29 is 63.3 Å². The highest BCUT2D eigenvalue weighted by Gasteiger charge is 2.35. The lowest BCUT2D eigenvalue weighted by Gasteiger charge is -2.28. The second-order valence-electron chi connectivity index (χ2n) is 18.2. The maximum atomic E-state index is 14.3. The smallest absolute Gasteiger partial charge is 0.326 e. The number of carbonyl (C=O) groups is 10. The molecule has 2 aromatic carbocycles. The number of nitrogens with two attached hydrogens (primary N) is 4. The van der Waals surface area contributed by atoms with Gasteiger partial charge in [-0.05, 0) is 55.4 Å². The summed E-state index contributed by atoms with van der Waals surface area (Å²) >= 11 is 0. The number of para-hydroxylation sites is 2. The van der Waals surface area contributed by atoms with E-state index in [0.717, 1.165) is 17.8 Å². The number of aromatic nitrogens is 2. The normalized spacial score (nSPS) is 14.4. The van der Waals surface area contributed by atoms with Gasteiger partial charge in [0.15, 0.2) is 5.96 Å². The number of nitrogens with zero attached hydrogens (tertiary/aromatic N) is 1. The fourth-order valence-corrected chi connectivity index (χ4v) is 7.90. The number of aliphatic carboxylic acids is 2. The molecule has 2 aromatic heterocycles. The number of carbonyl (C=O) groups excluding carboxylic acids is 8. The molecule has 0 fully saturated rings. The van der Waals surface area contributed by atoms with Crippen molar-refractivity contribution in [2.45, 2.75) is 114 Å². The van der Waals surface area contributed by atoms with Crippen LogP contribution in [0.25, 0.3) is 21.8 Å². The van der Waals surface area contributed by atoms with Gasteiger partial charge < -0.3 is 85.4 Å². The molecular formula is C48H66N14O13. The van der Waals surface area contributed by atoms with Crippen molar-refractivity contribution in [3.8, 4) is 0 Å². The first kappa shape index (κ1) is 59.0. The van der Waals surface area contributed by atoms with Crippen molar-refractivity contribution in [3.63, 3.8) is 0 Å². The summed E-state index contributed by atoms with van der Waals surface area (Å²) in [7, 11) is 0. The number of benzene rings is 2. The molecule has 8 amide bonds. The first-order chi connectivity index (χ1) is 35.4. The Morgan fingerprint density at radius 1 is 0.613 bits per heavy atom. The predicted molar refractivity (Wildman–Crippen MR) is 271 cm³/mol. The summed E-state index contributed by atoms with van der Waals surface area (Å²) in [5.74, 6) is -11.3. The van der Waals surface area contributed by atoms with Crippen LogP contribution in [0.5, 0.6) is 0 Å². The molecule has 0 spiro atoms. The number of amides is 8. The molecule has 0 bridgehead atoms. The monoisotopic (exact) mass is 1050 g/mol. The number of carboxylic acid groups (broad SMARTS) is 2. The minimum Gasteiger partial charge on any atom is -0.481 e. The van der Waals surface area contributed by atoms with Gasteiger partial charge in [-0.15, -0.1) is 0 Å². The highest BCUT2D eigenvalue weighted by molar-refractivity contribution is 5.99. The molecule has 20 N–H and O–H groups in total. The van der Waals surface area contributed by atoms with Crippen molar-refractivity contribution in [2.24, 2.45) is 33.8 Å². The molecule has 0 aliphatic heterocycles. The molecule has 27 heteroatoms. The quantitative estimate of drug-likeness (QED) is 0.0138. The molecule has 4 aromatic rings. The Labute approximate surface area is 429 Å². The fourth-order valence-electron chi connectivity index (χ4n) is 7.90. The zero-order chi connectivity index (χ0) is 55.5. The number of guanidine groups is 1. The van der Waals surface area contributed by atoms with Gasteiger partial charge >= 0.3 is 11.9 Å². The van der Waals surface area contributed by atoms with Crippen LogP contribution < -0.4 is 60.2 Å². The van der Waals surface area contributed by atoms with E-state index in [1.165, 1.54) is 0 Å². The van der Waals surface area contributed by atoms with E-state index < -0.39 is 127 Å². The van der Waals surface area contributed by atoms with E-state index in [0.29, 0.717) is 22.0 Å². The van der Waals surface area contributed by atoms with Gasteiger partial charge in [0.1, 0.15) is 36.3 Å². The third kappa shape index (κ3) is 18.4. The number of aromatic amines is 2. The Morgan fingerprint density at radius 2 is 1.12 bits per heavy atom. The van der Waals surface area contributed by atoms with E-state index in [4.69, 9.17) is 22.9 Å². The number of nitrogens with one attached hydrogen (secondary N) is 9. The summed E-state index contributed by atoms with van der Waals surface area (Å²) in [6, 6.07) is 3.09. The number of H-pyrrole nitrogens is 2. The van der Waals surface area contributed by atoms with Crippen molar-refractivity contribution in [2.75, 3.05) is 13.1 Å². The van der Waals surface area contributed by atoms with E-state index in [1.807, 2.05) is 0 Å². The SMILES string of the molecule is CC(C)C[C@H](NC(=O)[C@H](Cc1c[nH]c2ccccc12)NC(=O)CNC(=O)[C@H](CC(=O)O)NC(=O)[C@H](Cc1c[nH]c2ccccc12)NC(=O)[C@@H](NC(=O)[C@H](CCCN=C(N)N)NC(=O)[C@@H](N)CC(N)=O)[C@@H](C)O)C(=O)O. The van der Waals surface area contributed by atoms with Crippen molar-refractivity contribution in [1.82, 2.24) is 47.2 Å². The topological polar surface area (TPSA) is 464 Å². The summed E-state index contributed by atoms with van der Waals surface area (Å²) in [6.07, 6.45) is -0.479. The first-order valence-corrected chi connectivity index (χ1v) is 23.8. The summed E-state index contributed by atoms with van der Waals surface area (Å²) in [6.45, 7) is 3.84. The van der Waals surface area contributed by atoms with Gasteiger partial charge in [-0.25, -0.2) is 4.79 Å². The molecule has 406 valence electrons. The Morgan fingerprint density at radius 3 is 1.63 bits per heavy atom. The number of aliphatic hydroxyl groups excluding tert-OH is 1. The van der Waals surface area contributed by atoms with Gasteiger partial charge in [0.25, 0.3) is 0 Å². The molecule has 2 heterocycles. The Bertz CT molecular complexity index is 2730. The van der Waals surface area contributed by atoms with Gasteiger partial charge in [0.2, 0.25) is 47.3 Å². The molecule has 0 saturated heterocycles. The largest absolute Gasteiger partial charge is 0.481 e. The highest BCUT2D eigenvalue weighted by Crippen LogP contribution is 2.21. The number of carboxylic acids is 2. The van der Waals surface area contributed by atoms with Crippen LogP contribution >= 0.6 is 0 Å². The molecule has 4 rings (SSSR count). The highest BCUT2D eigenvalue weighted by atomic mass is 16.4. The van der Waals surface area contributed by atoms with Crippen LogP contribution in [0.1, 0.15) is 64.0 Å². The lowest BCUT2D eigenvalue weighted by Crippen LogP contribution is -2.61. The van der Waals surface area contributed by atoms with Crippen LogP contribution in [0.2, 0.25) is 0 Å². The lowest BCUT2D eigenvalue weighted by atomic mass is 10.0. The van der Waals surface area contributed by atoms with Crippen LogP contribution in [0.3, 0.4) is 0 Å². The number of aliphatic hydroxyl groups is 1. The molecule has 0 unspecified atom stereocenters. The van der Waals surface area contributed by atoms with Crippen LogP contribution in [0.15, 0.2) is 65.9 Å². The summed E-state index contributed by atoms with van der Waals surface area (Å²) < 4.78 is 0. The van der Waals surface area contributed by atoms with Crippen LogP contribution in [-0.4, -0.2) is 152 Å². The predicted octanol–water partition coefficient (Wildman–Crippen LogP) is -3.30. The maximum absolute atomic E-state index is 14.3. The number of aliphatic imine (C=N–C) groups is 1. The molecule has 0 aliphatic rings. The van der Waals surface area contributed by atoms with Crippen molar-refractivity contribution in [1.29, 1.82) is 0 Å². The van der Waals surface area contributed by atoms with E-state index in [2.05, 4.69) is 52.2 Å². The molecule has 0 radical (unpaired) electrons. The van der Waals surface area contributed by atoms with Crippen molar-refractivity contribution in [3.05, 3.63) is 72.1 Å². The van der Waals surface area contributed by atoms with Crippen LogP contribution in [-0.2, 0) is 60.8 Å². The summed E-state index contributed by atoms with van der Waals surface area (Å²) in [4.78, 5) is 141. The third-order valence-electron chi connectivity index (χ3n) is 11.6. The molecule has 0 aliphatic carbocycles. The molecule has 8 atom stereocenters. The van der Waals surface area contributed by atoms with Gasteiger partial charge in [-0.2, -0.15) is 0 Å². The van der Waals surface area contributed by atoms with E-state index in [-0.39, 0.29) is 50.5 Å². The van der Waals surface area contributed by atoms with E-state index >= 15 is 0 Å². The molecule has 0 saturated carbocycles. The second-order valence-corrected chi connectivity index (χ2v) is 18.2. The number of fused-ring (bicyclic) bond motifs is 2. The summed E-state index contributed by atoms with van der Waals surface area (Å²) in [5, 5.41) is 48.6. The van der Waals surface area contributed by atoms with Gasteiger partial charge in [0.05, 0.1) is 31.5 Å². The van der Waals surface area contributed by atoms with Crippen molar-refractivity contribution >= 4 is 87.0 Å². The van der Waals surface area contributed by atoms with Gasteiger partial charge in [-0.1, -0.05) is 50.2 Å². The fraction of sp³-hybridized carbons (Fsp3) is 0.438.